The van der Waals surface area contributed by atoms with E-state index >= 15 is 0 Å². The van der Waals surface area contributed by atoms with Crippen molar-refractivity contribution in [3.8, 4) is 0 Å². The minimum atomic E-state index is -1.16. The summed E-state index contributed by atoms with van der Waals surface area (Å²) in [6.45, 7) is 3.86. The van der Waals surface area contributed by atoms with Gasteiger partial charge in [0, 0.05) is 44.4 Å². The molecule has 1 fully saturated rings. The van der Waals surface area contributed by atoms with Gasteiger partial charge in [0.1, 0.15) is 5.69 Å². The fourth-order valence-corrected chi connectivity index (χ4v) is 3.01. The SMILES string of the molecule is CCCCN(C)C(=O)C1CCN(C(=O)c2ccnc(C(=O)O)c2)CC1. The smallest absolute Gasteiger partial charge is 0.354 e. The van der Waals surface area contributed by atoms with Crippen LogP contribution in [0.1, 0.15) is 53.5 Å². The molecule has 1 aromatic rings. The number of amides is 2. The number of piperidine rings is 1. The van der Waals surface area contributed by atoms with Crippen molar-refractivity contribution in [3.63, 3.8) is 0 Å². The lowest BCUT2D eigenvalue weighted by Gasteiger charge is -2.33. The zero-order chi connectivity index (χ0) is 18.4. The molecule has 0 aromatic carbocycles. The molecule has 0 atom stereocenters. The van der Waals surface area contributed by atoms with Gasteiger partial charge in [-0.25, -0.2) is 9.78 Å². The van der Waals surface area contributed by atoms with Gasteiger partial charge < -0.3 is 14.9 Å². The first-order chi connectivity index (χ1) is 11.9. The van der Waals surface area contributed by atoms with Crippen LogP contribution < -0.4 is 0 Å². The number of hydrogen-bond acceptors (Lipinski definition) is 4. The molecule has 136 valence electrons. The molecule has 1 saturated heterocycles. The molecule has 0 saturated carbocycles. The second-order valence-corrected chi connectivity index (χ2v) is 6.41. The van der Waals surface area contributed by atoms with Gasteiger partial charge in [-0.1, -0.05) is 13.3 Å². The molecule has 1 aliphatic heterocycles. The topological polar surface area (TPSA) is 90.8 Å². The van der Waals surface area contributed by atoms with E-state index in [1.54, 1.807) is 9.80 Å². The van der Waals surface area contributed by atoms with E-state index in [2.05, 4.69) is 11.9 Å². The van der Waals surface area contributed by atoms with Crippen LogP contribution >= 0.6 is 0 Å². The number of rotatable bonds is 6. The standard InChI is InChI=1S/C18H25N3O4/c1-3-4-9-20(2)16(22)13-6-10-21(11-7-13)17(23)14-5-8-19-15(12-14)18(24)25/h5,8,12-13H,3-4,6-7,9-11H2,1-2H3,(H,24,25). The Bertz CT molecular complexity index is 639. The van der Waals surface area contributed by atoms with E-state index < -0.39 is 5.97 Å². The number of carbonyl (C=O) groups excluding carboxylic acids is 2. The van der Waals surface area contributed by atoms with Crippen molar-refractivity contribution in [2.75, 3.05) is 26.7 Å². The third kappa shape index (κ3) is 4.78. The van der Waals surface area contributed by atoms with Crippen molar-refractivity contribution >= 4 is 17.8 Å². The molecule has 1 N–H and O–H groups in total. The molecule has 0 unspecified atom stereocenters. The zero-order valence-corrected chi connectivity index (χ0v) is 14.8. The van der Waals surface area contributed by atoms with Gasteiger partial charge in [-0.3, -0.25) is 9.59 Å². The molecule has 25 heavy (non-hydrogen) atoms. The van der Waals surface area contributed by atoms with Crippen molar-refractivity contribution in [3.05, 3.63) is 29.6 Å². The van der Waals surface area contributed by atoms with Gasteiger partial charge >= 0.3 is 5.97 Å². The summed E-state index contributed by atoms with van der Waals surface area (Å²) < 4.78 is 0. The van der Waals surface area contributed by atoms with E-state index in [0.717, 1.165) is 19.4 Å². The van der Waals surface area contributed by atoms with Crippen molar-refractivity contribution in [2.45, 2.75) is 32.6 Å². The number of pyridine rings is 1. The predicted octanol–water partition coefficient (Wildman–Crippen LogP) is 1.89. The van der Waals surface area contributed by atoms with Gasteiger partial charge in [0.15, 0.2) is 0 Å². The maximum absolute atomic E-state index is 12.5. The number of nitrogens with zero attached hydrogens (tertiary/aromatic N) is 3. The maximum atomic E-state index is 12.5. The van der Waals surface area contributed by atoms with Gasteiger partial charge in [-0.15, -0.1) is 0 Å². The second kappa shape index (κ2) is 8.60. The molecule has 2 amide bonds. The summed E-state index contributed by atoms with van der Waals surface area (Å²) in [6.07, 6.45) is 4.65. The Hall–Kier alpha value is -2.44. The van der Waals surface area contributed by atoms with Crippen LogP contribution in [0.4, 0.5) is 0 Å². The Balaban J connectivity index is 1.93. The third-order valence-corrected chi connectivity index (χ3v) is 4.58. The molecule has 2 rings (SSSR count). The first-order valence-electron chi connectivity index (χ1n) is 8.67. The van der Waals surface area contributed by atoms with Crippen LogP contribution in [0.25, 0.3) is 0 Å². The molecule has 0 radical (unpaired) electrons. The van der Waals surface area contributed by atoms with Gasteiger partial charge in [0.25, 0.3) is 5.91 Å². The highest BCUT2D eigenvalue weighted by molar-refractivity contribution is 5.96. The number of hydrogen-bond donors (Lipinski definition) is 1. The lowest BCUT2D eigenvalue weighted by molar-refractivity contribution is -0.135. The molecule has 7 heteroatoms. The third-order valence-electron chi connectivity index (χ3n) is 4.58. The van der Waals surface area contributed by atoms with Crippen molar-refractivity contribution in [1.82, 2.24) is 14.8 Å². The van der Waals surface area contributed by atoms with Gasteiger partial charge in [-0.2, -0.15) is 0 Å². The molecular formula is C18H25N3O4. The van der Waals surface area contributed by atoms with Gasteiger partial charge in [-0.05, 0) is 31.4 Å². The summed E-state index contributed by atoms with van der Waals surface area (Å²) in [7, 11) is 1.83. The number of unbranched alkanes of at least 4 members (excludes halogenated alkanes) is 1. The van der Waals surface area contributed by atoms with Crippen LogP contribution in [-0.4, -0.2) is 64.4 Å². The van der Waals surface area contributed by atoms with E-state index in [0.29, 0.717) is 31.5 Å². The molecule has 1 aromatic heterocycles. The van der Waals surface area contributed by atoms with Crippen LogP contribution in [0.15, 0.2) is 18.3 Å². The second-order valence-electron chi connectivity index (χ2n) is 6.41. The highest BCUT2D eigenvalue weighted by Crippen LogP contribution is 2.21. The Labute approximate surface area is 147 Å². The summed E-state index contributed by atoms with van der Waals surface area (Å²) >= 11 is 0. The molecule has 0 aliphatic carbocycles. The Morgan fingerprint density at radius 2 is 2.00 bits per heavy atom. The number of carbonyl (C=O) groups is 3. The van der Waals surface area contributed by atoms with Crippen LogP contribution in [0.2, 0.25) is 0 Å². The average molecular weight is 347 g/mol. The highest BCUT2D eigenvalue weighted by Gasteiger charge is 2.29. The minimum absolute atomic E-state index is 0.0436. The number of likely N-dealkylation sites (tertiary alicyclic amines) is 1. The highest BCUT2D eigenvalue weighted by atomic mass is 16.4. The van der Waals surface area contributed by atoms with E-state index in [9.17, 15) is 14.4 Å². The van der Waals surface area contributed by atoms with Crippen LogP contribution in [0.3, 0.4) is 0 Å². The van der Waals surface area contributed by atoms with Crippen molar-refractivity contribution in [1.29, 1.82) is 0 Å². The van der Waals surface area contributed by atoms with Crippen molar-refractivity contribution in [2.24, 2.45) is 5.92 Å². The average Bonchev–Trinajstić information content (AvgIpc) is 2.65. The molecule has 0 bridgehead atoms. The first kappa shape index (κ1) is 18.9. The number of carboxylic acids is 1. The number of aromatic carboxylic acids is 1. The van der Waals surface area contributed by atoms with E-state index in [4.69, 9.17) is 5.11 Å². The molecule has 1 aliphatic rings. The van der Waals surface area contributed by atoms with E-state index in [1.807, 2.05) is 7.05 Å². The predicted molar refractivity (Wildman–Crippen MR) is 92.4 cm³/mol. The largest absolute Gasteiger partial charge is 0.477 e. The van der Waals surface area contributed by atoms with Crippen molar-refractivity contribution < 1.29 is 19.5 Å². The van der Waals surface area contributed by atoms with Crippen LogP contribution in [0.5, 0.6) is 0 Å². The number of carboxylic acid groups (broad SMARTS) is 1. The Morgan fingerprint density at radius 1 is 1.32 bits per heavy atom. The van der Waals surface area contributed by atoms with E-state index in [1.165, 1.54) is 18.3 Å². The molecular weight excluding hydrogens is 322 g/mol. The summed E-state index contributed by atoms with van der Waals surface area (Å²) in [5, 5.41) is 8.98. The molecule has 2 heterocycles. The molecule has 7 nitrogen and oxygen atoms in total. The van der Waals surface area contributed by atoms with Crippen LogP contribution in [-0.2, 0) is 4.79 Å². The maximum Gasteiger partial charge on any atom is 0.354 e. The first-order valence-corrected chi connectivity index (χ1v) is 8.67. The normalized spacial score (nSPS) is 15.0. The fourth-order valence-electron chi connectivity index (χ4n) is 3.01. The zero-order valence-electron chi connectivity index (χ0n) is 14.8. The minimum Gasteiger partial charge on any atom is -0.477 e. The quantitative estimate of drug-likeness (QED) is 0.848. The monoisotopic (exact) mass is 347 g/mol. The Kier molecular flexibility index (Phi) is 6.50. The summed E-state index contributed by atoms with van der Waals surface area (Å²) in [5.74, 6) is -1.26. The fraction of sp³-hybridized carbons (Fsp3) is 0.556. The lowest BCUT2D eigenvalue weighted by atomic mass is 9.95. The van der Waals surface area contributed by atoms with E-state index in [-0.39, 0.29) is 23.4 Å². The van der Waals surface area contributed by atoms with Gasteiger partial charge in [0.2, 0.25) is 5.91 Å². The Morgan fingerprint density at radius 3 is 2.60 bits per heavy atom. The van der Waals surface area contributed by atoms with Gasteiger partial charge in [0.05, 0.1) is 0 Å². The number of aromatic nitrogens is 1. The summed E-state index contributed by atoms with van der Waals surface area (Å²) in [4.78, 5) is 43.1. The van der Waals surface area contributed by atoms with Crippen LogP contribution in [0, 0.1) is 5.92 Å². The molecule has 0 spiro atoms. The summed E-state index contributed by atoms with van der Waals surface area (Å²) in [6, 6.07) is 2.81. The summed E-state index contributed by atoms with van der Waals surface area (Å²) in [5.41, 5.74) is 0.172. The lowest BCUT2D eigenvalue weighted by Crippen LogP contribution is -2.43.